The van der Waals surface area contributed by atoms with Crippen molar-refractivity contribution < 1.29 is 17.9 Å². The first kappa shape index (κ1) is 19.2. The SMILES string of the molecule is Nc1ncnc2c1ncn2CCCOC(=O)CCNS(=O)(=O)c1cccs1. The van der Waals surface area contributed by atoms with Crippen LogP contribution in [-0.2, 0) is 26.1 Å². The van der Waals surface area contributed by atoms with Crippen LogP contribution in [0, 0.1) is 0 Å². The van der Waals surface area contributed by atoms with Crippen LogP contribution in [0.25, 0.3) is 11.2 Å². The molecule has 0 aliphatic heterocycles. The van der Waals surface area contributed by atoms with Gasteiger partial charge in [-0.05, 0) is 17.9 Å². The molecule has 0 aliphatic carbocycles. The average Bonchev–Trinajstić information content (AvgIpc) is 3.30. The number of nitrogen functional groups attached to an aromatic ring is 1. The number of fused-ring (bicyclic) bond motifs is 1. The maximum Gasteiger partial charge on any atom is 0.307 e. The molecule has 0 amide bonds. The Balaban J connectivity index is 1.38. The molecule has 3 heterocycles. The lowest BCUT2D eigenvalue weighted by Gasteiger charge is -2.07. The topological polar surface area (TPSA) is 142 Å². The molecule has 0 saturated carbocycles. The van der Waals surface area contributed by atoms with Gasteiger partial charge < -0.3 is 15.0 Å². The number of nitrogens with one attached hydrogen (secondary N) is 1. The van der Waals surface area contributed by atoms with Crippen LogP contribution in [0.3, 0.4) is 0 Å². The van der Waals surface area contributed by atoms with Crippen molar-refractivity contribution in [1.82, 2.24) is 24.2 Å². The molecule has 3 N–H and O–H groups in total. The Morgan fingerprint density at radius 3 is 2.96 bits per heavy atom. The third-order valence-corrected chi connectivity index (χ3v) is 6.48. The Morgan fingerprint density at radius 1 is 1.33 bits per heavy atom. The molecule has 0 bridgehead atoms. The monoisotopic (exact) mass is 410 g/mol. The molecular weight excluding hydrogens is 392 g/mol. The number of rotatable bonds is 9. The van der Waals surface area contributed by atoms with Gasteiger partial charge in [-0.3, -0.25) is 4.79 Å². The summed E-state index contributed by atoms with van der Waals surface area (Å²) in [6, 6.07) is 3.15. The fourth-order valence-corrected chi connectivity index (χ4v) is 4.40. The van der Waals surface area contributed by atoms with E-state index in [0.717, 1.165) is 11.3 Å². The summed E-state index contributed by atoms with van der Waals surface area (Å²) in [4.78, 5) is 23.9. The van der Waals surface area contributed by atoms with Gasteiger partial charge in [0.25, 0.3) is 0 Å². The maximum atomic E-state index is 11.9. The first-order valence-corrected chi connectivity index (χ1v) is 10.4. The van der Waals surface area contributed by atoms with Gasteiger partial charge in [-0.2, -0.15) is 0 Å². The summed E-state index contributed by atoms with van der Waals surface area (Å²) in [5.74, 6) is -0.152. The predicted molar refractivity (Wildman–Crippen MR) is 99.4 cm³/mol. The molecule has 3 aromatic rings. The number of nitrogens with zero attached hydrogens (tertiary/aromatic N) is 4. The molecule has 12 heteroatoms. The second-order valence-corrected chi connectivity index (χ2v) is 8.46. The number of ether oxygens (including phenoxy) is 1. The van der Waals surface area contributed by atoms with E-state index in [4.69, 9.17) is 10.5 Å². The summed E-state index contributed by atoms with van der Waals surface area (Å²) in [6.07, 6.45) is 3.49. The standard InChI is InChI=1S/C15H18N6O4S2/c16-14-13-15(18-9-17-14)21(10-19-13)6-2-7-25-11(22)4-5-20-27(23,24)12-3-1-8-26-12/h1,3,8-10,20H,2,4-7H2,(H2,16,17,18). The number of nitrogens with two attached hydrogens (primary N) is 1. The number of aromatic nitrogens is 4. The lowest BCUT2D eigenvalue weighted by atomic mass is 10.4. The van der Waals surface area contributed by atoms with Crippen LogP contribution in [0.2, 0.25) is 0 Å². The fraction of sp³-hybridized carbons (Fsp3) is 0.333. The molecule has 0 spiro atoms. The number of aryl methyl sites for hydroxylation is 1. The van der Waals surface area contributed by atoms with Crippen molar-refractivity contribution in [3.8, 4) is 0 Å². The van der Waals surface area contributed by atoms with Crippen molar-refractivity contribution in [2.24, 2.45) is 0 Å². The minimum Gasteiger partial charge on any atom is -0.466 e. The molecule has 0 saturated heterocycles. The second kappa shape index (κ2) is 8.41. The van der Waals surface area contributed by atoms with Gasteiger partial charge in [-0.1, -0.05) is 6.07 Å². The van der Waals surface area contributed by atoms with Crippen LogP contribution >= 0.6 is 11.3 Å². The summed E-state index contributed by atoms with van der Waals surface area (Å²) < 4.78 is 33.3. The highest BCUT2D eigenvalue weighted by molar-refractivity contribution is 7.91. The Bertz CT molecular complexity index is 1020. The fourth-order valence-electron chi connectivity index (χ4n) is 2.33. The highest BCUT2D eigenvalue weighted by Gasteiger charge is 2.15. The van der Waals surface area contributed by atoms with Crippen molar-refractivity contribution in [2.45, 2.75) is 23.6 Å². The normalized spacial score (nSPS) is 11.7. The third-order valence-electron chi connectivity index (χ3n) is 3.62. The number of esters is 1. The first-order valence-electron chi connectivity index (χ1n) is 8.07. The van der Waals surface area contributed by atoms with Crippen molar-refractivity contribution >= 4 is 44.3 Å². The third kappa shape index (κ3) is 4.78. The number of sulfonamides is 1. The first-order chi connectivity index (χ1) is 13.0. The number of carbonyl (C=O) groups is 1. The lowest BCUT2D eigenvalue weighted by Crippen LogP contribution is -2.26. The van der Waals surface area contributed by atoms with Crippen LogP contribution < -0.4 is 10.5 Å². The van der Waals surface area contributed by atoms with E-state index in [1.807, 2.05) is 0 Å². The van der Waals surface area contributed by atoms with E-state index in [-0.39, 0.29) is 23.8 Å². The zero-order valence-electron chi connectivity index (χ0n) is 14.2. The van der Waals surface area contributed by atoms with Gasteiger partial charge >= 0.3 is 5.97 Å². The molecule has 0 radical (unpaired) electrons. The van der Waals surface area contributed by atoms with Gasteiger partial charge in [0, 0.05) is 13.1 Å². The molecule has 0 aromatic carbocycles. The number of hydrogen-bond donors (Lipinski definition) is 2. The van der Waals surface area contributed by atoms with E-state index in [9.17, 15) is 13.2 Å². The van der Waals surface area contributed by atoms with Crippen molar-refractivity contribution in [2.75, 3.05) is 18.9 Å². The summed E-state index contributed by atoms with van der Waals surface area (Å²) in [5, 5.41) is 1.67. The van der Waals surface area contributed by atoms with Crippen LogP contribution in [0.15, 0.2) is 34.4 Å². The number of thiophene rings is 1. The highest BCUT2D eigenvalue weighted by Crippen LogP contribution is 2.15. The summed E-state index contributed by atoms with van der Waals surface area (Å²) >= 11 is 1.11. The van der Waals surface area contributed by atoms with Crippen LogP contribution in [0.1, 0.15) is 12.8 Å². The highest BCUT2D eigenvalue weighted by atomic mass is 32.2. The van der Waals surface area contributed by atoms with E-state index in [0.29, 0.717) is 29.9 Å². The van der Waals surface area contributed by atoms with E-state index in [1.165, 1.54) is 12.4 Å². The molecule has 10 nitrogen and oxygen atoms in total. The summed E-state index contributed by atoms with van der Waals surface area (Å²) in [5.41, 5.74) is 6.88. The van der Waals surface area contributed by atoms with Crippen molar-refractivity contribution in [3.63, 3.8) is 0 Å². The average molecular weight is 410 g/mol. The van der Waals surface area contributed by atoms with E-state index >= 15 is 0 Å². The predicted octanol–water partition coefficient (Wildman–Crippen LogP) is 0.772. The Morgan fingerprint density at radius 2 is 2.19 bits per heavy atom. The molecule has 27 heavy (non-hydrogen) atoms. The van der Waals surface area contributed by atoms with Crippen LogP contribution in [0.5, 0.6) is 0 Å². The molecule has 3 aromatic heterocycles. The van der Waals surface area contributed by atoms with Crippen LogP contribution in [-0.4, -0.2) is 47.1 Å². The maximum absolute atomic E-state index is 11.9. The molecule has 0 fully saturated rings. The molecular formula is C15H18N6O4S2. The Kier molecular flexibility index (Phi) is 5.98. The molecule has 0 unspecified atom stereocenters. The minimum absolute atomic E-state index is 0.0125. The van der Waals surface area contributed by atoms with E-state index < -0.39 is 16.0 Å². The largest absolute Gasteiger partial charge is 0.466 e. The number of imidazole rings is 1. The van der Waals surface area contributed by atoms with Gasteiger partial charge in [-0.15, -0.1) is 11.3 Å². The molecule has 144 valence electrons. The van der Waals surface area contributed by atoms with Crippen molar-refractivity contribution in [1.29, 1.82) is 0 Å². The van der Waals surface area contributed by atoms with E-state index in [1.54, 1.807) is 22.3 Å². The number of hydrogen-bond acceptors (Lipinski definition) is 9. The van der Waals surface area contributed by atoms with E-state index in [2.05, 4.69) is 19.7 Å². The Labute approximate surface area is 159 Å². The zero-order chi connectivity index (χ0) is 19.3. The quantitative estimate of drug-likeness (QED) is 0.389. The second-order valence-electron chi connectivity index (χ2n) is 5.52. The molecule has 0 aliphatic rings. The smallest absolute Gasteiger partial charge is 0.307 e. The lowest BCUT2D eigenvalue weighted by molar-refractivity contribution is -0.143. The van der Waals surface area contributed by atoms with Gasteiger partial charge in [0.1, 0.15) is 16.1 Å². The van der Waals surface area contributed by atoms with Crippen molar-refractivity contribution in [3.05, 3.63) is 30.2 Å². The van der Waals surface area contributed by atoms with Gasteiger partial charge in [0.05, 0.1) is 19.4 Å². The number of anilines is 1. The minimum atomic E-state index is -3.56. The van der Waals surface area contributed by atoms with Gasteiger partial charge in [0.2, 0.25) is 10.0 Å². The van der Waals surface area contributed by atoms with Crippen LogP contribution in [0.4, 0.5) is 5.82 Å². The van der Waals surface area contributed by atoms with Gasteiger partial charge in [0.15, 0.2) is 11.5 Å². The number of carbonyl (C=O) groups excluding carboxylic acids is 1. The summed E-state index contributed by atoms with van der Waals surface area (Å²) in [6.45, 7) is 0.739. The zero-order valence-corrected chi connectivity index (χ0v) is 15.9. The van der Waals surface area contributed by atoms with Gasteiger partial charge in [-0.25, -0.2) is 28.1 Å². The summed E-state index contributed by atoms with van der Waals surface area (Å²) in [7, 11) is -3.56. The molecule has 0 atom stereocenters. The molecule has 3 rings (SSSR count). The Hall–Kier alpha value is -2.57.